The molecule has 3 heteroatoms. The summed E-state index contributed by atoms with van der Waals surface area (Å²) in [6.45, 7) is 6.65. The molecule has 0 spiro atoms. The molecule has 0 amide bonds. The fourth-order valence-electron chi connectivity index (χ4n) is 3.30. The minimum atomic E-state index is 0.575. The molecule has 112 valence electrons. The predicted molar refractivity (Wildman–Crippen MR) is 89.7 cm³/mol. The van der Waals surface area contributed by atoms with Crippen molar-refractivity contribution in [2.24, 2.45) is 5.92 Å². The average molecular weight is 283 g/mol. The second-order valence-corrected chi connectivity index (χ2v) is 6.38. The molecule has 2 heterocycles. The van der Waals surface area contributed by atoms with E-state index in [-0.39, 0.29) is 0 Å². The Hall–Kier alpha value is -1.61. The van der Waals surface area contributed by atoms with E-state index in [0.717, 1.165) is 24.5 Å². The van der Waals surface area contributed by atoms with Crippen molar-refractivity contribution in [2.45, 2.75) is 39.3 Å². The maximum atomic E-state index is 4.99. The molecule has 1 aromatic heterocycles. The highest BCUT2D eigenvalue weighted by Gasteiger charge is 2.25. The van der Waals surface area contributed by atoms with Gasteiger partial charge in [-0.15, -0.1) is 0 Å². The maximum Gasteiger partial charge on any atom is 0.134 e. The van der Waals surface area contributed by atoms with E-state index >= 15 is 0 Å². The molecule has 1 aliphatic heterocycles. The molecule has 3 rings (SSSR count). The van der Waals surface area contributed by atoms with Crippen molar-refractivity contribution in [2.75, 3.05) is 18.5 Å². The van der Waals surface area contributed by atoms with Crippen molar-refractivity contribution in [3.8, 4) is 0 Å². The van der Waals surface area contributed by atoms with Gasteiger partial charge in [0.2, 0.25) is 0 Å². The molecule has 0 radical (unpaired) electrons. The standard InChI is InChI=1S/C18H25N3/c1-13-8-9-14(2)21(12-13)18-16(11-19-3)10-15-6-4-5-7-17(15)20-18/h4-7,10,13-14,19H,8-9,11-12H2,1-3H3. The van der Waals surface area contributed by atoms with E-state index in [1.165, 1.54) is 29.6 Å². The van der Waals surface area contributed by atoms with Crippen molar-refractivity contribution < 1.29 is 0 Å². The Labute approximate surface area is 127 Å². The van der Waals surface area contributed by atoms with E-state index in [1.54, 1.807) is 0 Å². The van der Waals surface area contributed by atoms with Crippen LogP contribution in [0.3, 0.4) is 0 Å². The first-order valence-corrected chi connectivity index (χ1v) is 7.99. The molecule has 1 N–H and O–H groups in total. The van der Waals surface area contributed by atoms with Gasteiger partial charge in [-0.2, -0.15) is 0 Å². The second kappa shape index (κ2) is 6.02. The van der Waals surface area contributed by atoms with Crippen LogP contribution in [-0.4, -0.2) is 24.6 Å². The quantitative estimate of drug-likeness (QED) is 0.933. The SMILES string of the molecule is CNCc1cc2ccccc2nc1N1CC(C)CCC1C. The van der Waals surface area contributed by atoms with E-state index in [1.807, 2.05) is 7.05 Å². The largest absolute Gasteiger partial charge is 0.353 e. The molecule has 1 fully saturated rings. The van der Waals surface area contributed by atoms with E-state index in [4.69, 9.17) is 4.98 Å². The first-order valence-electron chi connectivity index (χ1n) is 7.99. The molecular formula is C18H25N3. The van der Waals surface area contributed by atoms with Gasteiger partial charge in [-0.05, 0) is 44.9 Å². The maximum absolute atomic E-state index is 4.99. The third-order valence-corrected chi connectivity index (χ3v) is 4.54. The minimum absolute atomic E-state index is 0.575. The van der Waals surface area contributed by atoms with Crippen molar-refractivity contribution in [3.05, 3.63) is 35.9 Å². The van der Waals surface area contributed by atoms with Crippen LogP contribution >= 0.6 is 0 Å². The zero-order valence-electron chi connectivity index (χ0n) is 13.3. The van der Waals surface area contributed by atoms with Gasteiger partial charge in [-0.3, -0.25) is 0 Å². The van der Waals surface area contributed by atoms with Crippen molar-refractivity contribution >= 4 is 16.7 Å². The Morgan fingerprint density at radius 1 is 1.24 bits per heavy atom. The number of benzene rings is 1. The summed E-state index contributed by atoms with van der Waals surface area (Å²) in [5.41, 5.74) is 2.40. The Morgan fingerprint density at radius 3 is 2.86 bits per heavy atom. The number of anilines is 1. The van der Waals surface area contributed by atoms with Gasteiger partial charge in [0.1, 0.15) is 5.82 Å². The molecule has 3 nitrogen and oxygen atoms in total. The van der Waals surface area contributed by atoms with Gasteiger partial charge in [-0.25, -0.2) is 4.98 Å². The summed E-state index contributed by atoms with van der Waals surface area (Å²) in [4.78, 5) is 7.50. The normalized spacial score (nSPS) is 22.7. The highest BCUT2D eigenvalue weighted by atomic mass is 15.2. The van der Waals surface area contributed by atoms with Crippen LogP contribution in [0.25, 0.3) is 10.9 Å². The second-order valence-electron chi connectivity index (χ2n) is 6.38. The highest BCUT2D eigenvalue weighted by molar-refractivity contribution is 5.82. The lowest BCUT2D eigenvalue weighted by Gasteiger charge is -2.38. The van der Waals surface area contributed by atoms with Gasteiger partial charge in [0.05, 0.1) is 5.52 Å². The minimum Gasteiger partial charge on any atom is -0.353 e. The first kappa shape index (κ1) is 14.3. The van der Waals surface area contributed by atoms with Crippen LogP contribution in [0.5, 0.6) is 0 Å². The number of hydrogen-bond donors (Lipinski definition) is 1. The summed E-state index contributed by atoms with van der Waals surface area (Å²) >= 11 is 0. The Kier molecular flexibility index (Phi) is 4.11. The number of rotatable bonds is 3. The number of fused-ring (bicyclic) bond motifs is 1. The molecule has 1 aliphatic rings. The van der Waals surface area contributed by atoms with E-state index in [0.29, 0.717) is 6.04 Å². The van der Waals surface area contributed by atoms with Crippen LogP contribution in [0.2, 0.25) is 0 Å². The molecule has 0 aliphatic carbocycles. The summed E-state index contributed by atoms with van der Waals surface area (Å²) in [6.07, 6.45) is 2.58. The highest BCUT2D eigenvalue weighted by Crippen LogP contribution is 2.30. The topological polar surface area (TPSA) is 28.2 Å². The first-order chi connectivity index (χ1) is 10.2. The Morgan fingerprint density at radius 2 is 2.05 bits per heavy atom. The van der Waals surface area contributed by atoms with Crippen LogP contribution in [0.1, 0.15) is 32.3 Å². The third-order valence-electron chi connectivity index (χ3n) is 4.54. The van der Waals surface area contributed by atoms with Crippen LogP contribution in [0, 0.1) is 5.92 Å². The van der Waals surface area contributed by atoms with Gasteiger partial charge in [-0.1, -0.05) is 25.1 Å². The summed E-state index contributed by atoms with van der Waals surface area (Å²) in [5, 5.41) is 4.51. The summed E-state index contributed by atoms with van der Waals surface area (Å²) in [6, 6.07) is 11.3. The fourth-order valence-corrected chi connectivity index (χ4v) is 3.30. The molecule has 0 saturated carbocycles. The molecular weight excluding hydrogens is 258 g/mol. The molecule has 0 bridgehead atoms. The van der Waals surface area contributed by atoms with Gasteiger partial charge in [0.15, 0.2) is 0 Å². The lowest BCUT2D eigenvalue weighted by atomic mass is 9.94. The van der Waals surface area contributed by atoms with E-state index in [2.05, 4.69) is 54.4 Å². The number of nitrogens with one attached hydrogen (secondary N) is 1. The third kappa shape index (κ3) is 2.88. The molecule has 2 atom stereocenters. The smallest absolute Gasteiger partial charge is 0.134 e. The summed E-state index contributed by atoms with van der Waals surface area (Å²) in [5.74, 6) is 1.92. The van der Waals surface area contributed by atoms with Gasteiger partial charge < -0.3 is 10.2 Å². The zero-order valence-corrected chi connectivity index (χ0v) is 13.3. The summed E-state index contributed by atoms with van der Waals surface area (Å²) in [7, 11) is 2.00. The fraction of sp³-hybridized carbons (Fsp3) is 0.500. The van der Waals surface area contributed by atoms with E-state index < -0.39 is 0 Å². The number of nitrogens with zero attached hydrogens (tertiary/aromatic N) is 2. The van der Waals surface area contributed by atoms with Crippen LogP contribution in [0.4, 0.5) is 5.82 Å². The van der Waals surface area contributed by atoms with E-state index in [9.17, 15) is 0 Å². The molecule has 1 aromatic carbocycles. The Balaban J connectivity index is 2.07. The van der Waals surface area contributed by atoms with Gasteiger partial charge in [0.25, 0.3) is 0 Å². The Bertz CT molecular complexity index is 623. The number of aromatic nitrogens is 1. The van der Waals surface area contributed by atoms with Crippen molar-refractivity contribution in [1.82, 2.24) is 10.3 Å². The number of hydrogen-bond acceptors (Lipinski definition) is 3. The summed E-state index contributed by atoms with van der Waals surface area (Å²) < 4.78 is 0. The predicted octanol–water partition coefficient (Wildman–Crippen LogP) is 3.58. The molecule has 21 heavy (non-hydrogen) atoms. The average Bonchev–Trinajstić information content (AvgIpc) is 2.49. The lowest BCUT2D eigenvalue weighted by molar-refractivity contribution is 0.387. The van der Waals surface area contributed by atoms with Crippen LogP contribution < -0.4 is 10.2 Å². The molecule has 2 unspecified atom stereocenters. The van der Waals surface area contributed by atoms with Crippen molar-refractivity contribution in [1.29, 1.82) is 0 Å². The van der Waals surface area contributed by atoms with Gasteiger partial charge in [0, 0.05) is 30.1 Å². The van der Waals surface area contributed by atoms with Crippen molar-refractivity contribution in [3.63, 3.8) is 0 Å². The van der Waals surface area contributed by atoms with Gasteiger partial charge >= 0.3 is 0 Å². The molecule has 1 saturated heterocycles. The lowest BCUT2D eigenvalue weighted by Crippen LogP contribution is -2.42. The zero-order chi connectivity index (χ0) is 14.8. The monoisotopic (exact) mass is 283 g/mol. The number of para-hydroxylation sites is 1. The molecule has 2 aromatic rings. The van der Waals surface area contributed by atoms with Crippen LogP contribution in [-0.2, 0) is 6.54 Å². The number of piperidine rings is 1. The van der Waals surface area contributed by atoms with Crippen LogP contribution in [0.15, 0.2) is 30.3 Å². The number of pyridine rings is 1.